The first kappa shape index (κ1) is 19.1. The van der Waals surface area contributed by atoms with E-state index >= 15 is 0 Å². The number of tetrazole rings is 1. The fourth-order valence-corrected chi connectivity index (χ4v) is 2.54. The summed E-state index contributed by atoms with van der Waals surface area (Å²) in [6, 6.07) is 9.09. The second kappa shape index (κ2) is 7.13. The molecule has 0 bridgehead atoms. The number of aryl methyl sites for hydroxylation is 1. The quantitative estimate of drug-likeness (QED) is 0.486. The lowest BCUT2D eigenvalue weighted by Crippen LogP contribution is -2.25. The van der Waals surface area contributed by atoms with Crippen molar-refractivity contribution >= 4 is 5.69 Å². The highest BCUT2D eigenvalue weighted by Gasteiger charge is 2.31. The van der Waals surface area contributed by atoms with Crippen molar-refractivity contribution in [1.29, 1.82) is 0 Å². The van der Waals surface area contributed by atoms with Crippen LogP contribution in [0.3, 0.4) is 0 Å². The standard InChI is InChI=1S/C16H12F3N5O4/c1-10-7-11(5-6-14(10)24(26)27)9-22-15(25)23(21-20-22)12-3-2-4-13(8-12)28-16(17,18)19/h2-8H,9H2,1H3. The molecular formula is C16H12F3N5O4. The van der Waals surface area contributed by atoms with Gasteiger partial charge in [-0.05, 0) is 41.1 Å². The van der Waals surface area contributed by atoms with Crippen molar-refractivity contribution in [1.82, 2.24) is 19.8 Å². The summed E-state index contributed by atoms with van der Waals surface area (Å²) >= 11 is 0. The van der Waals surface area contributed by atoms with Crippen LogP contribution in [0, 0.1) is 17.0 Å². The summed E-state index contributed by atoms with van der Waals surface area (Å²) in [6.45, 7) is 1.55. The maximum Gasteiger partial charge on any atom is 0.573 e. The molecule has 1 heterocycles. The third-order valence-corrected chi connectivity index (χ3v) is 3.73. The molecule has 3 rings (SSSR count). The Bertz CT molecular complexity index is 1090. The lowest BCUT2D eigenvalue weighted by molar-refractivity contribution is -0.385. The Labute approximate surface area is 154 Å². The number of hydrogen-bond donors (Lipinski definition) is 0. The van der Waals surface area contributed by atoms with Crippen molar-refractivity contribution in [3.05, 3.63) is 74.2 Å². The number of nitrogens with zero attached hydrogens (tertiary/aromatic N) is 5. The van der Waals surface area contributed by atoms with Gasteiger partial charge in [0.2, 0.25) is 0 Å². The van der Waals surface area contributed by atoms with Crippen LogP contribution in [0.2, 0.25) is 0 Å². The first-order valence-corrected chi connectivity index (χ1v) is 7.77. The van der Waals surface area contributed by atoms with Crippen molar-refractivity contribution in [2.75, 3.05) is 0 Å². The van der Waals surface area contributed by atoms with Crippen LogP contribution in [0.5, 0.6) is 5.75 Å². The number of benzene rings is 2. The molecular weight excluding hydrogens is 383 g/mol. The monoisotopic (exact) mass is 395 g/mol. The van der Waals surface area contributed by atoms with Gasteiger partial charge < -0.3 is 4.74 Å². The van der Waals surface area contributed by atoms with Crippen molar-refractivity contribution in [3.63, 3.8) is 0 Å². The zero-order valence-electron chi connectivity index (χ0n) is 14.3. The molecule has 0 N–H and O–H groups in total. The first-order chi connectivity index (χ1) is 13.1. The smallest absolute Gasteiger partial charge is 0.406 e. The van der Waals surface area contributed by atoms with Gasteiger partial charge in [0.15, 0.2) is 0 Å². The van der Waals surface area contributed by atoms with Crippen LogP contribution in [-0.2, 0) is 6.54 Å². The zero-order valence-corrected chi connectivity index (χ0v) is 14.3. The molecule has 9 nitrogen and oxygen atoms in total. The third kappa shape index (κ3) is 4.16. The Morgan fingerprint density at radius 2 is 1.93 bits per heavy atom. The highest BCUT2D eigenvalue weighted by atomic mass is 19.4. The Balaban J connectivity index is 1.87. The minimum Gasteiger partial charge on any atom is -0.406 e. The highest BCUT2D eigenvalue weighted by molar-refractivity contribution is 5.42. The molecule has 0 saturated heterocycles. The topological polar surface area (TPSA) is 105 Å². The molecule has 0 spiro atoms. The molecule has 2 aromatic carbocycles. The number of hydrogen-bond acceptors (Lipinski definition) is 6. The Morgan fingerprint density at radius 3 is 2.57 bits per heavy atom. The van der Waals surface area contributed by atoms with Gasteiger partial charge in [0, 0.05) is 17.7 Å². The molecule has 146 valence electrons. The van der Waals surface area contributed by atoms with Crippen molar-refractivity contribution < 1.29 is 22.8 Å². The summed E-state index contributed by atoms with van der Waals surface area (Å²) < 4.78 is 42.7. The molecule has 3 aromatic rings. The zero-order chi connectivity index (χ0) is 20.5. The van der Waals surface area contributed by atoms with Crippen LogP contribution < -0.4 is 10.4 Å². The highest BCUT2D eigenvalue weighted by Crippen LogP contribution is 2.24. The summed E-state index contributed by atoms with van der Waals surface area (Å²) in [7, 11) is 0. The van der Waals surface area contributed by atoms with Crippen LogP contribution in [0.1, 0.15) is 11.1 Å². The molecule has 0 fully saturated rings. The predicted octanol–water partition coefficient (Wildman–Crippen LogP) is 2.59. The normalized spacial score (nSPS) is 11.4. The van der Waals surface area contributed by atoms with E-state index in [0.717, 1.165) is 21.5 Å². The minimum absolute atomic E-state index is 0.0175. The van der Waals surface area contributed by atoms with Crippen molar-refractivity contribution in [2.24, 2.45) is 0 Å². The average Bonchev–Trinajstić information content (AvgIpc) is 2.94. The van der Waals surface area contributed by atoms with Gasteiger partial charge in [0.1, 0.15) is 5.75 Å². The maximum atomic E-state index is 12.5. The van der Waals surface area contributed by atoms with Crippen molar-refractivity contribution in [2.45, 2.75) is 19.8 Å². The van der Waals surface area contributed by atoms with E-state index in [9.17, 15) is 28.1 Å². The van der Waals surface area contributed by atoms with E-state index in [1.54, 1.807) is 13.0 Å². The second-order valence-corrected chi connectivity index (χ2v) is 5.75. The Hall–Kier alpha value is -3.70. The molecule has 0 radical (unpaired) electrons. The molecule has 0 amide bonds. The lowest BCUT2D eigenvalue weighted by atomic mass is 10.1. The molecule has 1 aromatic heterocycles. The molecule has 0 saturated carbocycles. The van der Waals surface area contributed by atoms with Gasteiger partial charge in [0.25, 0.3) is 5.69 Å². The summed E-state index contributed by atoms with van der Waals surface area (Å²) in [6.07, 6.45) is -4.87. The van der Waals surface area contributed by atoms with Gasteiger partial charge in [-0.2, -0.15) is 9.36 Å². The summed E-state index contributed by atoms with van der Waals surface area (Å²) in [5, 5.41) is 18.2. The first-order valence-electron chi connectivity index (χ1n) is 7.77. The van der Waals surface area contributed by atoms with Gasteiger partial charge in [-0.15, -0.1) is 13.2 Å². The Morgan fingerprint density at radius 1 is 1.18 bits per heavy atom. The third-order valence-electron chi connectivity index (χ3n) is 3.73. The number of aromatic nitrogens is 4. The average molecular weight is 395 g/mol. The SMILES string of the molecule is Cc1cc(Cn2nnn(-c3cccc(OC(F)(F)F)c3)c2=O)ccc1[N+](=O)[O-]. The van der Waals surface area contributed by atoms with Crippen molar-refractivity contribution in [3.8, 4) is 11.4 Å². The van der Waals surface area contributed by atoms with Crippen LogP contribution in [0.15, 0.2) is 47.3 Å². The minimum atomic E-state index is -4.87. The van der Waals surface area contributed by atoms with Gasteiger partial charge in [-0.1, -0.05) is 12.1 Å². The van der Waals surface area contributed by atoms with Gasteiger partial charge in [0.05, 0.1) is 17.2 Å². The van der Waals surface area contributed by atoms with E-state index in [4.69, 9.17) is 0 Å². The maximum absolute atomic E-state index is 12.5. The molecule has 0 aliphatic rings. The van der Waals surface area contributed by atoms with Crippen LogP contribution >= 0.6 is 0 Å². The van der Waals surface area contributed by atoms with E-state index < -0.39 is 22.7 Å². The molecule has 28 heavy (non-hydrogen) atoms. The number of nitro groups is 1. The fraction of sp³-hybridized carbons (Fsp3) is 0.188. The van der Waals surface area contributed by atoms with E-state index in [-0.39, 0.29) is 17.9 Å². The van der Waals surface area contributed by atoms with E-state index in [0.29, 0.717) is 11.1 Å². The van der Waals surface area contributed by atoms with Gasteiger partial charge >= 0.3 is 12.1 Å². The van der Waals surface area contributed by atoms with Crippen LogP contribution in [-0.4, -0.2) is 31.1 Å². The second-order valence-electron chi connectivity index (χ2n) is 5.75. The summed E-state index contributed by atoms with van der Waals surface area (Å²) in [4.78, 5) is 22.8. The van der Waals surface area contributed by atoms with E-state index in [2.05, 4.69) is 15.2 Å². The molecule has 0 aliphatic carbocycles. The van der Waals surface area contributed by atoms with E-state index in [1.807, 2.05) is 0 Å². The summed E-state index contributed by atoms with van der Waals surface area (Å²) in [5.74, 6) is -0.502. The largest absolute Gasteiger partial charge is 0.573 e. The van der Waals surface area contributed by atoms with Gasteiger partial charge in [-0.25, -0.2) is 4.79 Å². The fourth-order valence-electron chi connectivity index (χ4n) is 2.54. The van der Waals surface area contributed by atoms with Gasteiger partial charge in [-0.3, -0.25) is 10.1 Å². The van der Waals surface area contributed by atoms with Crippen LogP contribution in [0.4, 0.5) is 18.9 Å². The molecule has 12 heteroatoms. The Kier molecular flexibility index (Phi) is 4.86. The lowest BCUT2D eigenvalue weighted by Gasteiger charge is -2.09. The number of nitro benzene ring substituents is 1. The molecule has 0 aliphatic heterocycles. The molecule has 0 unspecified atom stereocenters. The number of alkyl halides is 3. The van der Waals surface area contributed by atoms with E-state index in [1.165, 1.54) is 24.3 Å². The number of ether oxygens (including phenoxy) is 1. The summed E-state index contributed by atoms with van der Waals surface area (Å²) in [5.41, 5.74) is 0.283. The number of halogens is 3. The van der Waals surface area contributed by atoms with Crippen LogP contribution in [0.25, 0.3) is 5.69 Å². The molecule has 0 atom stereocenters. The number of rotatable bonds is 5. The predicted molar refractivity (Wildman–Crippen MR) is 89.2 cm³/mol.